The van der Waals surface area contributed by atoms with E-state index in [1.54, 1.807) is 13.8 Å². The van der Waals surface area contributed by atoms with Gasteiger partial charge in [-0.05, 0) is 32.0 Å². The molecule has 1 aromatic carbocycles. The SMILES string of the molecule is COCC(C)(C)NC(=O)c1ccc(F)c(S(N)(=O)=O)c1. The Hall–Kier alpha value is -1.51. The summed E-state index contributed by atoms with van der Waals surface area (Å²) in [6, 6.07) is 2.98. The van der Waals surface area contributed by atoms with Crippen LogP contribution < -0.4 is 10.5 Å². The van der Waals surface area contributed by atoms with E-state index in [1.807, 2.05) is 0 Å². The van der Waals surface area contributed by atoms with Crippen molar-refractivity contribution >= 4 is 15.9 Å². The molecule has 0 spiro atoms. The van der Waals surface area contributed by atoms with E-state index in [4.69, 9.17) is 9.88 Å². The lowest BCUT2D eigenvalue weighted by Gasteiger charge is -2.25. The van der Waals surface area contributed by atoms with Gasteiger partial charge in [0.2, 0.25) is 10.0 Å². The van der Waals surface area contributed by atoms with E-state index in [1.165, 1.54) is 13.2 Å². The Morgan fingerprint density at radius 3 is 2.55 bits per heavy atom. The number of rotatable bonds is 5. The van der Waals surface area contributed by atoms with E-state index >= 15 is 0 Å². The van der Waals surface area contributed by atoms with Crippen molar-refractivity contribution in [2.75, 3.05) is 13.7 Å². The Labute approximate surface area is 117 Å². The summed E-state index contributed by atoms with van der Waals surface area (Å²) in [7, 11) is -2.73. The summed E-state index contributed by atoms with van der Waals surface area (Å²) in [4.78, 5) is 11.3. The van der Waals surface area contributed by atoms with E-state index in [9.17, 15) is 17.6 Å². The van der Waals surface area contributed by atoms with Crippen LogP contribution in [0.25, 0.3) is 0 Å². The third-order valence-corrected chi connectivity index (χ3v) is 3.38. The highest BCUT2D eigenvalue weighted by atomic mass is 32.2. The number of methoxy groups -OCH3 is 1. The van der Waals surface area contributed by atoms with Crippen LogP contribution >= 0.6 is 0 Å². The topological polar surface area (TPSA) is 98.5 Å². The number of nitrogens with two attached hydrogens (primary N) is 1. The molecule has 1 aromatic rings. The van der Waals surface area contributed by atoms with Gasteiger partial charge in [0.05, 0.1) is 12.1 Å². The molecule has 0 atom stereocenters. The molecular formula is C12H17FN2O4S. The number of hydrogen-bond donors (Lipinski definition) is 2. The van der Waals surface area contributed by atoms with Gasteiger partial charge in [0.25, 0.3) is 5.91 Å². The first-order chi connectivity index (χ1) is 9.07. The summed E-state index contributed by atoms with van der Waals surface area (Å²) in [6.07, 6.45) is 0. The molecule has 0 radical (unpaired) electrons. The van der Waals surface area contributed by atoms with Crippen LogP contribution in [0.1, 0.15) is 24.2 Å². The minimum atomic E-state index is -4.22. The first kappa shape index (κ1) is 16.5. The number of benzene rings is 1. The molecule has 20 heavy (non-hydrogen) atoms. The van der Waals surface area contributed by atoms with Gasteiger partial charge in [0.15, 0.2) is 0 Å². The van der Waals surface area contributed by atoms with Crippen molar-refractivity contribution in [3.63, 3.8) is 0 Å². The predicted molar refractivity (Wildman–Crippen MR) is 71.2 cm³/mol. The van der Waals surface area contributed by atoms with Crippen LogP contribution in [0.5, 0.6) is 0 Å². The number of amides is 1. The molecule has 0 fully saturated rings. The number of primary sulfonamides is 1. The third kappa shape index (κ3) is 4.26. The maximum Gasteiger partial charge on any atom is 0.251 e. The molecule has 0 aromatic heterocycles. The van der Waals surface area contributed by atoms with E-state index in [2.05, 4.69) is 5.32 Å². The van der Waals surface area contributed by atoms with Gasteiger partial charge >= 0.3 is 0 Å². The second-order valence-corrected chi connectivity index (χ2v) is 6.49. The summed E-state index contributed by atoms with van der Waals surface area (Å²) in [5.41, 5.74) is -0.651. The first-order valence-corrected chi connectivity index (χ1v) is 7.25. The van der Waals surface area contributed by atoms with Gasteiger partial charge in [0, 0.05) is 12.7 Å². The Morgan fingerprint density at radius 1 is 1.45 bits per heavy atom. The van der Waals surface area contributed by atoms with Crippen LogP contribution in [0, 0.1) is 5.82 Å². The van der Waals surface area contributed by atoms with E-state index in [0.29, 0.717) is 0 Å². The maximum atomic E-state index is 13.4. The van der Waals surface area contributed by atoms with Gasteiger partial charge < -0.3 is 10.1 Å². The second kappa shape index (κ2) is 5.86. The fourth-order valence-electron chi connectivity index (χ4n) is 1.64. The quantitative estimate of drug-likeness (QED) is 0.833. The highest BCUT2D eigenvalue weighted by Gasteiger charge is 2.23. The fraction of sp³-hybridized carbons (Fsp3) is 0.417. The Balaban J connectivity index is 3.07. The minimum absolute atomic E-state index is 0.000368. The molecule has 0 saturated heterocycles. The van der Waals surface area contributed by atoms with Crippen molar-refractivity contribution in [1.29, 1.82) is 0 Å². The van der Waals surface area contributed by atoms with Gasteiger partial charge in [0.1, 0.15) is 10.7 Å². The van der Waals surface area contributed by atoms with Gasteiger partial charge in [-0.3, -0.25) is 4.79 Å². The van der Waals surface area contributed by atoms with Crippen LogP contribution in [0.2, 0.25) is 0 Å². The molecule has 112 valence electrons. The average Bonchev–Trinajstić information content (AvgIpc) is 2.26. The van der Waals surface area contributed by atoms with Crippen LogP contribution in [-0.4, -0.2) is 33.6 Å². The van der Waals surface area contributed by atoms with E-state index in [0.717, 1.165) is 12.1 Å². The number of ether oxygens (including phenoxy) is 1. The van der Waals surface area contributed by atoms with Crippen molar-refractivity contribution in [3.8, 4) is 0 Å². The molecular weight excluding hydrogens is 287 g/mol. The van der Waals surface area contributed by atoms with E-state index in [-0.39, 0.29) is 12.2 Å². The third-order valence-electron chi connectivity index (χ3n) is 2.46. The molecule has 3 N–H and O–H groups in total. The van der Waals surface area contributed by atoms with Crippen LogP contribution in [0.4, 0.5) is 4.39 Å². The monoisotopic (exact) mass is 304 g/mol. The van der Waals surface area contributed by atoms with E-state index < -0.39 is 32.2 Å². The van der Waals surface area contributed by atoms with Gasteiger partial charge in [-0.1, -0.05) is 0 Å². The molecule has 0 aliphatic carbocycles. The summed E-state index contributed by atoms with van der Waals surface area (Å²) in [6.45, 7) is 3.74. The molecule has 0 heterocycles. The van der Waals surface area contributed by atoms with Crippen molar-refractivity contribution in [2.24, 2.45) is 5.14 Å². The second-order valence-electron chi connectivity index (χ2n) is 4.96. The summed E-state index contributed by atoms with van der Waals surface area (Å²) >= 11 is 0. The van der Waals surface area contributed by atoms with Crippen molar-refractivity contribution in [3.05, 3.63) is 29.6 Å². The Kier molecular flexibility index (Phi) is 4.85. The number of sulfonamides is 1. The zero-order valence-corrected chi connectivity index (χ0v) is 12.3. The number of carbonyl (C=O) groups excluding carboxylic acids is 1. The summed E-state index contributed by atoms with van der Waals surface area (Å²) < 4.78 is 40.7. The van der Waals surface area contributed by atoms with Gasteiger partial charge in [-0.25, -0.2) is 17.9 Å². The first-order valence-electron chi connectivity index (χ1n) is 5.70. The highest BCUT2D eigenvalue weighted by molar-refractivity contribution is 7.89. The predicted octanol–water partition coefficient (Wildman–Crippen LogP) is 0.628. The van der Waals surface area contributed by atoms with Gasteiger partial charge in [-0.2, -0.15) is 0 Å². The summed E-state index contributed by atoms with van der Waals surface area (Å²) in [5.74, 6) is -1.54. The standard InChI is InChI=1S/C12H17FN2O4S/c1-12(2,7-19-3)15-11(16)8-4-5-9(13)10(6-8)20(14,17)18/h4-6H,7H2,1-3H3,(H,15,16)(H2,14,17,18). The number of hydrogen-bond acceptors (Lipinski definition) is 4. The van der Waals surface area contributed by atoms with Crippen molar-refractivity contribution < 1.29 is 22.3 Å². The van der Waals surface area contributed by atoms with Crippen molar-refractivity contribution in [1.82, 2.24) is 5.32 Å². The molecule has 8 heteroatoms. The zero-order valence-electron chi connectivity index (χ0n) is 11.4. The molecule has 0 bridgehead atoms. The average molecular weight is 304 g/mol. The van der Waals surface area contributed by atoms with Crippen LogP contribution in [0.3, 0.4) is 0 Å². The minimum Gasteiger partial charge on any atom is -0.382 e. The van der Waals surface area contributed by atoms with Crippen LogP contribution in [0.15, 0.2) is 23.1 Å². The molecule has 0 saturated carbocycles. The lowest BCUT2D eigenvalue weighted by molar-refractivity contribution is 0.0819. The zero-order chi connectivity index (χ0) is 15.6. The molecule has 1 amide bonds. The fourth-order valence-corrected chi connectivity index (χ4v) is 2.27. The van der Waals surface area contributed by atoms with Crippen molar-refractivity contribution in [2.45, 2.75) is 24.3 Å². The molecule has 0 unspecified atom stereocenters. The largest absolute Gasteiger partial charge is 0.382 e. The number of halogens is 1. The molecule has 0 aliphatic rings. The maximum absolute atomic E-state index is 13.4. The number of carbonyl (C=O) groups is 1. The Morgan fingerprint density at radius 2 is 2.05 bits per heavy atom. The molecule has 6 nitrogen and oxygen atoms in total. The molecule has 1 rings (SSSR count). The van der Waals surface area contributed by atoms with Gasteiger partial charge in [-0.15, -0.1) is 0 Å². The lowest BCUT2D eigenvalue weighted by Crippen LogP contribution is -2.46. The highest BCUT2D eigenvalue weighted by Crippen LogP contribution is 2.15. The Bertz CT molecular complexity index is 614. The number of nitrogens with one attached hydrogen (secondary N) is 1. The normalized spacial score (nSPS) is 12.2. The van der Waals surface area contributed by atoms with Crippen LogP contribution in [-0.2, 0) is 14.8 Å². The summed E-state index contributed by atoms with van der Waals surface area (Å²) in [5, 5.41) is 7.53. The lowest BCUT2D eigenvalue weighted by atomic mass is 10.1. The molecule has 0 aliphatic heterocycles. The smallest absolute Gasteiger partial charge is 0.251 e.